The molecule has 182 valence electrons. The summed E-state index contributed by atoms with van der Waals surface area (Å²) in [4.78, 5) is 0. The van der Waals surface area contributed by atoms with E-state index in [1.54, 1.807) is 0 Å². The molecule has 5 aromatic carbocycles. The minimum atomic E-state index is 1.23. The van der Waals surface area contributed by atoms with Crippen LogP contribution in [0, 0.1) is 0 Å². The van der Waals surface area contributed by atoms with Crippen molar-refractivity contribution in [2.75, 3.05) is 0 Å². The topological polar surface area (TPSA) is 4.41 Å². The molecule has 39 heavy (non-hydrogen) atoms. The Hall–Kier alpha value is -5.14. The van der Waals surface area contributed by atoms with Gasteiger partial charge in [-0.1, -0.05) is 140 Å². The van der Waals surface area contributed by atoms with Crippen molar-refractivity contribution in [3.8, 4) is 44.5 Å². The highest BCUT2D eigenvalue weighted by atomic mass is 14.9. The van der Waals surface area contributed by atoms with Crippen LogP contribution in [-0.4, -0.2) is 4.40 Å². The van der Waals surface area contributed by atoms with Crippen molar-refractivity contribution >= 4 is 27.3 Å². The van der Waals surface area contributed by atoms with Crippen molar-refractivity contribution in [3.05, 3.63) is 152 Å². The predicted octanol–water partition coefficient (Wildman–Crippen LogP) is 10.4. The van der Waals surface area contributed by atoms with Gasteiger partial charge in [0.05, 0.1) is 16.6 Å². The smallest absolute Gasteiger partial charge is 0.0619 e. The molecule has 0 N–H and O–H groups in total. The van der Waals surface area contributed by atoms with E-state index in [2.05, 4.69) is 156 Å². The zero-order valence-electron chi connectivity index (χ0n) is 21.4. The molecule has 0 aliphatic carbocycles. The number of benzene rings is 5. The lowest BCUT2D eigenvalue weighted by atomic mass is 9.87. The van der Waals surface area contributed by atoms with E-state index < -0.39 is 0 Å². The van der Waals surface area contributed by atoms with Crippen molar-refractivity contribution < 1.29 is 0 Å². The summed E-state index contributed by atoms with van der Waals surface area (Å²) >= 11 is 0. The molecule has 0 saturated carbocycles. The lowest BCUT2D eigenvalue weighted by Crippen LogP contribution is -2.01. The van der Waals surface area contributed by atoms with Gasteiger partial charge in [-0.25, -0.2) is 0 Å². The van der Waals surface area contributed by atoms with Crippen LogP contribution in [0.4, 0.5) is 0 Å². The summed E-state index contributed by atoms with van der Waals surface area (Å²) in [5.41, 5.74) is 13.8. The Morgan fingerprint density at radius 1 is 0.282 bits per heavy atom. The summed E-state index contributed by atoms with van der Waals surface area (Å²) < 4.78 is 2.51. The van der Waals surface area contributed by atoms with Crippen molar-refractivity contribution in [2.45, 2.75) is 0 Å². The first-order valence-electron chi connectivity index (χ1n) is 13.5. The summed E-state index contributed by atoms with van der Waals surface area (Å²) in [7, 11) is 0. The molecule has 0 spiro atoms. The first-order valence-corrected chi connectivity index (χ1v) is 13.5. The third-order valence-electron chi connectivity index (χ3n) is 7.94. The van der Waals surface area contributed by atoms with Crippen LogP contribution in [0.3, 0.4) is 0 Å². The van der Waals surface area contributed by atoms with Gasteiger partial charge in [-0.05, 0) is 34.4 Å². The Balaban J connectivity index is 1.65. The summed E-state index contributed by atoms with van der Waals surface area (Å²) in [5.74, 6) is 0. The van der Waals surface area contributed by atoms with Crippen LogP contribution >= 0.6 is 0 Å². The second kappa shape index (κ2) is 8.72. The van der Waals surface area contributed by atoms with Crippen LogP contribution < -0.4 is 0 Å². The number of hydrogen-bond donors (Lipinski definition) is 0. The molecule has 0 aliphatic heterocycles. The first-order chi connectivity index (χ1) is 19.4. The van der Waals surface area contributed by atoms with Crippen LogP contribution in [0.25, 0.3) is 71.8 Å². The Morgan fingerprint density at radius 3 is 0.974 bits per heavy atom. The van der Waals surface area contributed by atoms with E-state index in [-0.39, 0.29) is 0 Å². The number of nitrogens with zero attached hydrogens (tertiary/aromatic N) is 1. The Morgan fingerprint density at radius 2 is 0.615 bits per heavy atom. The highest BCUT2D eigenvalue weighted by Crippen LogP contribution is 2.49. The molecule has 0 atom stereocenters. The molecule has 0 unspecified atom stereocenters. The SMILES string of the molecule is c1ccc(-c2c(-c3ccccc3)c3ccc4c(-c5ccccc5)c(-c5ccccc5)c5cccc2c5n34)cc1. The fraction of sp³-hybridized carbons (Fsp3) is 0. The van der Waals surface area contributed by atoms with Gasteiger partial charge in [-0.15, -0.1) is 0 Å². The van der Waals surface area contributed by atoms with Crippen LogP contribution in [0.15, 0.2) is 152 Å². The highest BCUT2D eigenvalue weighted by Gasteiger charge is 2.25. The van der Waals surface area contributed by atoms with Gasteiger partial charge < -0.3 is 4.40 Å². The maximum atomic E-state index is 2.51. The second-order valence-electron chi connectivity index (χ2n) is 10.1. The molecule has 0 aliphatic rings. The van der Waals surface area contributed by atoms with Crippen molar-refractivity contribution in [2.24, 2.45) is 0 Å². The first kappa shape index (κ1) is 21.9. The van der Waals surface area contributed by atoms with E-state index in [0.29, 0.717) is 0 Å². The van der Waals surface area contributed by atoms with Crippen LogP contribution in [0.5, 0.6) is 0 Å². The number of hydrogen-bond acceptors (Lipinski definition) is 0. The number of pyridine rings is 2. The Labute approximate surface area is 227 Å². The average molecular weight is 496 g/mol. The lowest BCUT2D eigenvalue weighted by molar-refractivity contribution is 1.33. The zero-order chi connectivity index (χ0) is 25.8. The second-order valence-corrected chi connectivity index (χ2v) is 10.1. The van der Waals surface area contributed by atoms with Gasteiger partial charge in [0.25, 0.3) is 0 Å². The zero-order valence-corrected chi connectivity index (χ0v) is 21.4. The molecular weight excluding hydrogens is 470 g/mol. The van der Waals surface area contributed by atoms with Gasteiger partial charge >= 0.3 is 0 Å². The molecule has 1 nitrogen and oxygen atoms in total. The molecule has 3 aromatic heterocycles. The maximum Gasteiger partial charge on any atom is 0.0619 e. The summed E-state index contributed by atoms with van der Waals surface area (Å²) in [5, 5.41) is 2.53. The molecule has 0 radical (unpaired) electrons. The molecule has 8 aromatic rings. The van der Waals surface area contributed by atoms with E-state index in [0.717, 1.165) is 0 Å². The highest BCUT2D eigenvalue weighted by molar-refractivity contribution is 6.20. The van der Waals surface area contributed by atoms with E-state index in [4.69, 9.17) is 0 Å². The lowest BCUT2D eigenvalue weighted by Gasteiger charge is -2.23. The number of para-hydroxylation sites is 1. The van der Waals surface area contributed by atoms with Crippen LogP contribution in [0.2, 0.25) is 0 Å². The van der Waals surface area contributed by atoms with Gasteiger partial charge in [0.15, 0.2) is 0 Å². The molecule has 8 rings (SSSR count). The minimum Gasteiger partial charge on any atom is -0.308 e. The molecule has 1 heteroatoms. The van der Waals surface area contributed by atoms with Crippen molar-refractivity contribution in [3.63, 3.8) is 0 Å². The summed E-state index contributed by atoms with van der Waals surface area (Å²) in [6.07, 6.45) is 0. The fourth-order valence-corrected chi connectivity index (χ4v) is 6.38. The van der Waals surface area contributed by atoms with Gasteiger partial charge in [0.2, 0.25) is 0 Å². The predicted molar refractivity (Wildman–Crippen MR) is 165 cm³/mol. The molecule has 0 saturated heterocycles. The Bertz CT molecular complexity index is 1920. The standard InChI is InChI=1S/C38H25N/c1-5-14-26(15-6-1)34-30-22-13-23-31-35(27-16-7-2-8-17-27)37(29-20-11-4-12-21-29)33-25-24-32(39(33)38(30)31)36(34)28-18-9-3-10-19-28/h1-25H. The summed E-state index contributed by atoms with van der Waals surface area (Å²) in [6, 6.07) is 54.9. The van der Waals surface area contributed by atoms with Gasteiger partial charge in [0, 0.05) is 33.0 Å². The van der Waals surface area contributed by atoms with Crippen LogP contribution in [0.1, 0.15) is 0 Å². The third kappa shape index (κ3) is 3.27. The van der Waals surface area contributed by atoms with Gasteiger partial charge in [-0.3, -0.25) is 0 Å². The number of aromatic nitrogens is 1. The van der Waals surface area contributed by atoms with E-state index in [9.17, 15) is 0 Å². The van der Waals surface area contributed by atoms with Crippen LogP contribution in [-0.2, 0) is 0 Å². The molecule has 3 heterocycles. The largest absolute Gasteiger partial charge is 0.308 e. The molecular formula is C38H25N. The summed E-state index contributed by atoms with van der Waals surface area (Å²) in [6.45, 7) is 0. The fourth-order valence-electron chi connectivity index (χ4n) is 6.38. The number of rotatable bonds is 4. The minimum absolute atomic E-state index is 1.23. The van der Waals surface area contributed by atoms with Gasteiger partial charge in [-0.2, -0.15) is 0 Å². The molecule has 0 fully saturated rings. The third-order valence-corrected chi connectivity index (χ3v) is 7.94. The quantitative estimate of drug-likeness (QED) is 0.229. The van der Waals surface area contributed by atoms with Crippen molar-refractivity contribution in [1.29, 1.82) is 0 Å². The van der Waals surface area contributed by atoms with Crippen molar-refractivity contribution in [1.82, 2.24) is 4.40 Å². The van der Waals surface area contributed by atoms with E-state index in [1.165, 1.54) is 71.8 Å². The maximum absolute atomic E-state index is 2.51. The van der Waals surface area contributed by atoms with E-state index >= 15 is 0 Å². The normalized spacial score (nSPS) is 11.6. The average Bonchev–Trinajstić information content (AvgIpc) is 3.46. The molecule has 0 bridgehead atoms. The van der Waals surface area contributed by atoms with Gasteiger partial charge in [0.1, 0.15) is 0 Å². The van der Waals surface area contributed by atoms with E-state index in [1.807, 2.05) is 0 Å². The Kier molecular flexibility index (Phi) is 4.89. The monoisotopic (exact) mass is 495 g/mol. The molecule has 0 amide bonds.